The number of aromatic nitrogens is 6. The van der Waals surface area contributed by atoms with Gasteiger partial charge in [0, 0.05) is 12.4 Å². The molecule has 4 aromatic rings. The van der Waals surface area contributed by atoms with Gasteiger partial charge in [-0.1, -0.05) is 11.6 Å². The molecule has 4 aromatic heterocycles. The Kier molecular flexibility index (Phi) is 5.10. The van der Waals surface area contributed by atoms with E-state index in [1.165, 1.54) is 12.7 Å². The first kappa shape index (κ1) is 16.0. The third kappa shape index (κ3) is 3.08. The van der Waals surface area contributed by atoms with Crippen molar-refractivity contribution in [1.82, 2.24) is 29.9 Å². The van der Waals surface area contributed by atoms with Gasteiger partial charge in [-0.2, -0.15) is 0 Å². The van der Waals surface area contributed by atoms with Crippen LogP contribution in [-0.2, 0) is 0 Å². The number of H-pyrrole nitrogens is 2. The van der Waals surface area contributed by atoms with Crippen LogP contribution in [0.5, 0.6) is 0 Å². The molecule has 0 atom stereocenters. The predicted octanol–water partition coefficient (Wildman–Crippen LogP) is 2.28. The van der Waals surface area contributed by atoms with Crippen LogP contribution < -0.4 is 11.3 Å². The Morgan fingerprint density at radius 2 is 1.50 bits per heavy atom. The second-order valence-corrected chi connectivity index (χ2v) is 4.37. The van der Waals surface area contributed by atoms with Gasteiger partial charge in [-0.15, -0.1) is 12.4 Å². The lowest BCUT2D eigenvalue weighted by Gasteiger charge is -1.97. The third-order valence-corrected chi connectivity index (χ3v) is 3.10. The van der Waals surface area contributed by atoms with Crippen molar-refractivity contribution in [2.45, 2.75) is 0 Å². The summed E-state index contributed by atoms with van der Waals surface area (Å²) in [6.07, 6.45) is 6.46. The van der Waals surface area contributed by atoms with E-state index in [4.69, 9.17) is 17.4 Å². The summed E-state index contributed by atoms with van der Waals surface area (Å²) >= 11 is 5.73. The lowest BCUT2D eigenvalue weighted by molar-refractivity contribution is 1.17. The molecule has 0 aromatic carbocycles. The van der Waals surface area contributed by atoms with E-state index in [-0.39, 0.29) is 12.4 Å². The lowest BCUT2D eigenvalue weighted by atomic mass is 10.4. The minimum Gasteiger partial charge on any atom is -0.346 e. The van der Waals surface area contributed by atoms with Gasteiger partial charge in [-0.25, -0.2) is 25.8 Å². The van der Waals surface area contributed by atoms with Crippen molar-refractivity contribution in [1.29, 1.82) is 0 Å². The summed E-state index contributed by atoms with van der Waals surface area (Å²) in [6, 6.07) is 3.71. The molecule has 4 rings (SSSR count). The smallest absolute Gasteiger partial charge is 0.152 e. The molecule has 0 amide bonds. The van der Waals surface area contributed by atoms with Crippen molar-refractivity contribution in [2.75, 3.05) is 5.43 Å². The monoisotopic (exact) mass is 338 g/mol. The molecular formula is C12H12Cl2N8. The van der Waals surface area contributed by atoms with Crippen LogP contribution >= 0.6 is 24.0 Å². The number of anilines is 1. The SMILES string of the molecule is Cl.Clc1ncnc2[nH]ccc12.NNc1ncnc2[nH]ccc12. The van der Waals surface area contributed by atoms with Crippen LogP contribution in [0.4, 0.5) is 5.82 Å². The molecule has 0 unspecified atom stereocenters. The number of hydrogen-bond acceptors (Lipinski definition) is 6. The summed E-state index contributed by atoms with van der Waals surface area (Å²) in [4.78, 5) is 21.6. The van der Waals surface area contributed by atoms with Crippen molar-refractivity contribution >= 4 is 51.9 Å². The predicted molar refractivity (Wildman–Crippen MR) is 87.8 cm³/mol. The van der Waals surface area contributed by atoms with E-state index >= 15 is 0 Å². The first-order valence-electron chi connectivity index (χ1n) is 5.98. The van der Waals surface area contributed by atoms with Gasteiger partial charge in [-0.3, -0.25) is 0 Å². The summed E-state index contributed by atoms with van der Waals surface area (Å²) in [5.74, 6) is 5.86. The highest BCUT2D eigenvalue weighted by Gasteiger charge is 2.00. The fourth-order valence-corrected chi connectivity index (χ4v) is 2.02. The molecule has 10 heteroatoms. The van der Waals surface area contributed by atoms with Crippen LogP contribution in [0.3, 0.4) is 0 Å². The quantitative estimate of drug-likeness (QED) is 0.240. The first-order chi connectivity index (χ1) is 10.3. The number of hydrogen-bond donors (Lipinski definition) is 4. The zero-order valence-electron chi connectivity index (χ0n) is 11.1. The van der Waals surface area contributed by atoms with Gasteiger partial charge >= 0.3 is 0 Å². The number of fused-ring (bicyclic) bond motifs is 2. The third-order valence-electron chi connectivity index (χ3n) is 2.80. The highest BCUT2D eigenvalue weighted by molar-refractivity contribution is 6.33. The number of nitrogen functional groups attached to an aromatic ring is 1. The second kappa shape index (κ2) is 7.03. The molecule has 0 bridgehead atoms. The minimum absolute atomic E-state index is 0. The number of halogens is 2. The molecule has 4 heterocycles. The topological polar surface area (TPSA) is 121 Å². The van der Waals surface area contributed by atoms with E-state index in [0.29, 0.717) is 11.0 Å². The van der Waals surface area contributed by atoms with E-state index in [2.05, 4.69) is 35.3 Å². The summed E-state index contributed by atoms with van der Waals surface area (Å²) in [7, 11) is 0. The maximum absolute atomic E-state index is 5.73. The number of hydrazine groups is 1. The zero-order valence-corrected chi connectivity index (χ0v) is 12.7. The average Bonchev–Trinajstić information content (AvgIpc) is 3.16. The summed E-state index contributed by atoms with van der Waals surface area (Å²) in [6.45, 7) is 0. The largest absolute Gasteiger partial charge is 0.346 e. The highest BCUT2D eigenvalue weighted by atomic mass is 35.5. The van der Waals surface area contributed by atoms with Gasteiger partial charge in [-0.05, 0) is 12.1 Å². The molecule has 0 spiro atoms. The molecule has 0 aliphatic rings. The van der Waals surface area contributed by atoms with E-state index in [1.807, 2.05) is 12.1 Å². The van der Waals surface area contributed by atoms with Crippen LogP contribution in [0.1, 0.15) is 0 Å². The van der Waals surface area contributed by atoms with Crippen molar-refractivity contribution in [3.8, 4) is 0 Å². The Hall–Kier alpha value is -2.42. The van der Waals surface area contributed by atoms with Gasteiger partial charge in [0.15, 0.2) is 5.82 Å². The molecule has 114 valence electrons. The molecule has 0 fully saturated rings. The molecule has 0 saturated heterocycles. The summed E-state index contributed by atoms with van der Waals surface area (Å²) in [5, 5.41) is 2.26. The van der Waals surface area contributed by atoms with Crippen molar-refractivity contribution < 1.29 is 0 Å². The lowest BCUT2D eigenvalue weighted by Crippen LogP contribution is -2.08. The fraction of sp³-hybridized carbons (Fsp3) is 0. The maximum Gasteiger partial charge on any atom is 0.152 e. The summed E-state index contributed by atoms with van der Waals surface area (Å²) < 4.78 is 0. The molecule has 22 heavy (non-hydrogen) atoms. The van der Waals surface area contributed by atoms with Crippen LogP contribution in [0.15, 0.2) is 37.2 Å². The Morgan fingerprint density at radius 3 is 2.14 bits per heavy atom. The number of rotatable bonds is 1. The molecule has 0 aliphatic heterocycles. The number of nitrogens with zero attached hydrogens (tertiary/aromatic N) is 4. The zero-order chi connectivity index (χ0) is 14.7. The molecule has 0 aliphatic carbocycles. The van der Waals surface area contributed by atoms with E-state index in [9.17, 15) is 0 Å². The van der Waals surface area contributed by atoms with Crippen molar-refractivity contribution in [3.05, 3.63) is 42.3 Å². The number of aromatic amines is 2. The highest BCUT2D eigenvalue weighted by Crippen LogP contribution is 2.16. The average molecular weight is 339 g/mol. The minimum atomic E-state index is 0. The number of nitrogens with two attached hydrogens (primary N) is 1. The van der Waals surface area contributed by atoms with Crippen LogP contribution in [0, 0.1) is 0 Å². The maximum atomic E-state index is 5.73. The van der Waals surface area contributed by atoms with E-state index in [1.54, 1.807) is 12.4 Å². The second-order valence-electron chi connectivity index (χ2n) is 4.01. The van der Waals surface area contributed by atoms with E-state index in [0.717, 1.165) is 22.1 Å². The van der Waals surface area contributed by atoms with Gasteiger partial charge in [0.25, 0.3) is 0 Å². The van der Waals surface area contributed by atoms with Gasteiger partial charge < -0.3 is 15.4 Å². The van der Waals surface area contributed by atoms with Crippen LogP contribution in [0.2, 0.25) is 5.15 Å². The first-order valence-corrected chi connectivity index (χ1v) is 6.35. The van der Waals surface area contributed by atoms with Gasteiger partial charge in [0.1, 0.15) is 29.1 Å². The number of nitrogens with one attached hydrogen (secondary N) is 3. The fourth-order valence-electron chi connectivity index (χ4n) is 1.83. The van der Waals surface area contributed by atoms with Gasteiger partial charge in [0.2, 0.25) is 0 Å². The van der Waals surface area contributed by atoms with E-state index < -0.39 is 0 Å². The Bertz CT molecular complexity index is 871. The molecule has 0 saturated carbocycles. The Balaban J connectivity index is 0.000000154. The Morgan fingerprint density at radius 1 is 0.909 bits per heavy atom. The normalized spacial score (nSPS) is 9.91. The van der Waals surface area contributed by atoms with Gasteiger partial charge in [0.05, 0.1) is 10.8 Å². The standard InChI is InChI=1S/C6H4ClN3.C6H7N5.ClH/c7-5-4-1-2-8-6(4)10-3-9-5;7-11-6-4-1-2-8-5(4)9-3-10-6;/h1-3H,(H,8,9,10);1-3H,7H2,(H2,8,9,10,11);1H. The van der Waals surface area contributed by atoms with Crippen molar-refractivity contribution in [2.24, 2.45) is 5.84 Å². The van der Waals surface area contributed by atoms with Crippen LogP contribution in [-0.4, -0.2) is 29.9 Å². The molecule has 8 nitrogen and oxygen atoms in total. The summed E-state index contributed by atoms with van der Waals surface area (Å²) in [5.41, 5.74) is 4.05. The molecular weight excluding hydrogens is 327 g/mol. The Labute approximate surface area is 135 Å². The van der Waals surface area contributed by atoms with Crippen molar-refractivity contribution in [3.63, 3.8) is 0 Å². The molecule has 0 radical (unpaired) electrons. The van der Waals surface area contributed by atoms with Crippen LogP contribution in [0.25, 0.3) is 22.1 Å². The molecule has 5 N–H and O–H groups in total.